The van der Waals surface area contributed by atoms with Gasteiger partial charge in [0.15, 0.2) is 0 Å². The summed E-state index contributed by atoms with van der Waals surface area (Å²) >= 11 is 0.944. The number of esters is 1. The molecule has 0 aliphatic carbocycles. The Morgan fingerprint density at radius 2 is 1.79 bits per heavy atom. The van der Waals surface area contributed by atoms with Crippen molar-refractivity contribution in [2.75, 3.05) is 6.54 Å². The van der Waals surface area contributed by atoms with E-state index >= 15 is 0 Å². The number of nitrogens with two attached hydrogens (primary N) is 1. The van der Waals surface area contributed by atoms with E-state index in [2.05, 4.69) is 0 Å². The highest BCUT2D eigenvalue weighted by Gasteiger charge is 2.43. The number of ether oxygens (including phenoxy) is 1. The van der Waals surface area contributed by atoms with Crippen molar-refractivity contribution < 1.29 is 19.1 Å². The lowest BCUT2D eigenvalue weighted by Crippen LogP contribution is -2.50. The van der Waals surface area contributed by atoms with E-state index in [1.54, 1.807) is 39.5 Å². The summed E-state index contributed by atoms with van der Waals surface area (Å²) in [6.45, 7) is 9.31. The first-order valence-corrected chi connectivity index (χ1v) is 10.8. The molecule has 1 aromatic rings. The lowest BCUT2D eigenvalue weighted by Gasteiger charge is -2.33. The third-order valence-electron chi connectivity index (χ3n) is 4.66. The molecule has 1 aromatic carbocycles. The quantitative estimate of drug-likeness (QED) is 0.712. The van der Waals surface area contributed by atoms with E-state index < -0.39 is 28.4 Å². The molecule has 2 N–H and O–H groups in total. The van der Waals surface area contributed by atoms with Crippen LogP contribution in [0.2, 0.25) is 0 Å². The standard InChI is InChI=1S/C22H32N2O4S/c1-21(2,3)28-18(25)17-12-9-13-24(17)20(27)22(4,5)29-19(26)16(23)14-15-10-7-6-8-11-15/h6-8,10-11,16-17H,9,12-14,23H2,1-5H3/t16-,17-/m0/s1. The largest absolute Gasteiger partial charge is 0.458 e. The van der Waals surface area contributed by atoms with Crippen LogP contribution in [-0.4, -0.2) is 50.9 Å². The summed E-state index contributed by atoms with van der Waals surface area (Å²) in [4.78, 5) is 39.9. The van der Waals surface area contributed by atoms with E-state index in [0.717, 1.165) is 23.7 Å². The van der Waals surface area contributed by atoms with Crippen LogP contribution in [0.1, 0.15) is 53.0 Å². The molecule has 0 bridgehead atoms. The zero-order valence-corrected chi connectivity index (χ0v) is 18.8. The Morgan fingerprint density at radius 3 is 2.38 bits per heavy atom. The van der Waals surface area contributed by atoms with Gasteiger partial charge in [-0.2, -0.15) is 0 Å². The number of thioether (sulfide) groups is 1. The van der Waals surface area contributed by atoms with Crippen molar-refractivity contribution in [2.24, 2.45) is 5.73 Å². The third kappa shape index (κ3) is 6.57. The van der Waals surface area contributed by atoms with Crippen molar-refractivity contribution in [3.8, 4) is 0 Å². The predicted octanol–water partition coefficient (Wildman–Crippen LogP) is 2.93. The average Bonchev–Trinajstić information content (AvgIpc) is 3.09. The van der Waals surface area contributed by atoms with Crippen LogP contribution in [0.5, 0.6) is 0 Å². The van der Waals surface area contributed by atoms with Gasteiger partial charge in [0.25, 0.3) is 0 Å². The molecule has 1 aliphatic rings. The van der Waals surface area contributed by atoms with Crippen molar-refractivity contribution in [3.05, 3.63) is 35.9 Å². The zero-order chi connectivity index (χ0) is 21.8. The minimum atomic E-state index is -1.02. The molecule has 1 amide bonds. The van der Waals surface area contributed by atoms with Crippen LogP contribution < -0.4 is 5.73 Å². The molecule has 0 unspecified atom stereocenters. The van der Waals surface area contributed by atoms with E-state index in [-0.39, 0.29) is 11.0 Å². The Balaban J connectivity index is 2.02. The van der Waals surface area contributed by atoms with E-state index in [9.17, 15) is 14.4 Å². The van der Waals surface area contributed by atoms with Crippen molar-refractivity contribution >= 4 is 28.8 Å². The van der Waals surface area contributed by atoms with Gasteiger partial charge < -0.3 is 15.4 Å². The summed E-state index contributed by atoms with van der Waals surface area (Å²) in [6.07, 6.45) is 1.72. The highest BCUT2D eigenvalue weighted by atomic mass is 32.2. The fourth-order valence-electron chi connectivity index (χ4n) is 3.29. The van der Waals surface area contributed by atoms with Crippen LogP contribution in [0, 0.1) is 0 Å². The lowest BCUT2D eigenvalue weighted by atomic mass is 10.1. The predicted molar refractivity (Wildman–Crippen MR) is 115 cm³/mol. The SMILES string of the molecule is CC(C)(C)OC(=O)[C@@H]1CCCN1C(=O)C(C)(C)SC(=O)[C@@H](N)Cc1ccccc1. The van der Waals surface area contributed by atoms with E-state index in [4.69, 9.17) is 10.5 Å². The number of amides is 1. The fourth-order valence-corrected chi connectivity index (χ4v) is 4.23. The first-order valence-electron chi connectivity index (χ1n) is 9.97. The first-order chi connectivity index (χ1) is 13.4. The Kier molecular flexibility index (Phi) is 7.51. The molecule has 6 nitrogen and oxygen atoms in total. The molecule has 1 aliphatic heterocycles. The van der Waals surface area contributed by atoms with Gasteiger partial charge in [0.2, 0.25) is 11.0 Å². The van der Waals surface area contributed by atoms with Crippen molar-refractivity contribution in [1.29, 1.82) is 0 Å². The van der Waals surface area contributed by atoms with Gasteiger partial charge in [-0.15, -0.1) is 0 Å². The first kappa shape index (κ1) is 23.4. The lowest BCUT2D eigenvalue weighted by molar-refractivity contribution is -0.163. The van der Waals surface area contributed by atoms with E-state index in [0.29, 0.717) is 19.4 Å². The number of hydrogen-bond donors (Lipinski definition) is 1. The molecule has 1 heterocycles. The number of likely N-dealkylation sites (tertiary alicyclic amines) is 1. The Morgan fingerprint density at radius 1 is 1.17 bits per heavy atom. The summed E-state index contributed by atoms with van der Waals surface area (Å²) < 4.78 is 4.46. The molecule has 7 heteroatoms. The highest BCUT2D eigenvalue weighted by molar-refractivity contribution is 8.15. The number of rotatable bonds is 6. The third-order valence-corrected chi connectivity index (χ3v) is 5.85. The smallest absolute Gasteiger partial charge is 0.329 e. The van der Waals surface area contributed by atoms with E-state index in [1.165, 1.54) is 0 Å². The molecule has 1 fully saturated rings. The fraction of sp³-hybridized carbons (Fsp3) is 0.591. The van der Waals surface area contributed by atoms with Gasteiger partial charge in [0, 0.05) is 6.54 Å². The number of carbonyl (C=O) groups is 3. The summed E-state index contributed by atoms with van der Waals surface area (Å²) in [6, 6.07) is 8.25. The molecule has 0 aromatic heterocycles. The molecule has 2 atom stereocenters. The Bertz CT molecular complexity index is 743. The van der Waals surface area contributed by atoms with Crippen LogP contribution in [0.3, 0.4) is 0 Å². The topological polar surface area (TPSA) is 89.7 Å². The normalized spacial score (nSPS) is 18.4. The maximum absolute atomic E-state index is 13.2. The maximum Gasteiger partial charge on any atom is 0.329 e. The Labute approximate surface area is 177 Å². The maximum atomic E-state index is 13.2. The molecule has 0 radical (unpaired) electrons. The molecular formula is C22H32N2O4S. The van der Waals surface area contributed by atoms with Crippen molar-refractivity contribution in [2.45, 2.75) is 76.3 Å². The Hall–Kier alpha value is -1.86. The molecule has 160 valence electrons. The summed E-state index contributed by atoms with van der Waals surface area (Å²) in [7, 11) is 0. The van der Waals surface area contributed by atoms with Crippen LogP contribution in [0.4, 0.5) is 0 Å². The minimum Gasteiger partial charge on any atom is -0.458 e. The molecule has 29 heavy (non-hydrogen) atoms. The van der Waals surface area contributed by atoms with Crippen LogP contribution >= 0.6 is 11.8 Å². The van der Waals surface area contributed by atoms with Gasteiger partial charge >= 0.3 is 5.97 Å². The second-order valence-corrected chi connectivity index (χ2v) is 10.5. The molecule has 0 saturated carbocycles. The molecule has 2 rings (SSSR count). The summed E-state index contributed by atoms with van der Waals surface area (Å²) in [5.41, 5.74) is 6.45. The van der Waals surface area contributed by atoms with Gasteiger partial charge in [0.1, 0.15) is 11.6 Å². The zero-order valence-electron chi connectivity index (χ0n) is 17.9. The van der Waals surface area contributed by atoms with Gasteiger partial charge in [-0.3, -0.25) is 9.59 Å². The average molecular weight is 421 g/mol. The van der Waals surface area contributed by atoms with Crippen LogP contribution in [0.25, 0.3) is 0 Å². The van der Waals surface area contributed by atoms with E-state index in [1.807, 2.05) is 30.3 Å². The second-order valence-electron chi connectivity index (χ2n) is 8.92. The molecule has 0 spiro atoms. The summed E-state index contributed by atoms with van der Waals surface area (Å²) in [5.74, 6) is -0.632. The van der Waals surface area contributed by atoms with Crippen LogP contribution in [-0.2, 0) is 25.5 Å². The van der Waals surface area contributed by atoms with Gasteiger partial charge in [-0.1, -0.05) is 42.1 Å². The monoisotopic (exact) mass is 420 g/mol. The van der Waals surface area contributed by atoms with Crippen molar-refractivity contribution in [3.63, 3.8) is 0 Å². The summed E-state index contributed by atoms with van der Waals surface area (Å²) in [5, 5.41) is -0.236. The van der Waals surface area contributed by atoms with Gasteiger partial charge in [0.05, 0.1) is 10.8 Å². The van der Waals surface area contributed by atoms with Crippen molar-refractivity contribution in [1.82, 2.24) is 4.90 Å². The highest BCUT2D eigenvalue weighted by Crippen LogP contribution is 2.32. The van der Waals surface area contributed by atoms with Gasteiger partial charge in [-0.05, 0) is 59.4 Å². The number of nitrogens with zero attached hydrogens (tertiary/aromatic N) is 1. The van der Waals surface area contributed by atoms with Crippen LogP contribution in [0.15, 0.2) is 30.3 Å². The second kappa shape index (κ2) is 9.30. The minimum absolute atomic E-state index is 0.236. The number of carbonyl (C=O) groups excluding carboxylic acids is 3. The number of hydrogen-bond acceptors (Lipinski definition) is 6. The number of benzene rings is 1. The van der Waals surface area contributed by atoms with Gasteiger partial charge in [-0.25, -0.2) is 4.79 Å². The molecular weight excluding hydrogens is 388 g/mol. The molecule has 1 saturated heterocycles.